The lowest BCUT2D eigenvalue weighted by molar-refractivity contribution is -0.123. The molecule has 19 heavy (non-hydrogen) atoms. The Hall–Kier alpha value is -1.15. The van der Waals surface area contributed by atoms with Crippen LogP contribution in [0.2, 0.25) is 0 Å². The summed E-state index contributed by atoms with van der Waals surface area (Å²) in [6, 6.07) is 8.42. The van der Waals surface area contributed by atoms with E-state index in [1.54, 1.807) is 0 Å². The molecule has 0 aromatic heterocycles. The largest absolute Gasteiger partial charge is 0.378 e. The van der Waals surface area contributed by atoms with Gasteiger partial charge in [-0.15, -0.1) is 0 Å². The Labute approximate surface area is 116 Å². The van der Waals surface area contributed by atoms with Gasteiger partial charge in [-0.05, 0) is 36.8 Å². The first kappa shape index (κ1) is 14.3. The highest BCUT2D eigenvalue weighted by atomic mass is 16.5. The zero-order valence-corrected chi connectivity index (χ0v) is 12.0. The van der Waals surface area contributed by atoms with Gasteiger partial charge in [0.1, 0.15) is 5.78 Å². The summed E-state index contributed by atoms with van der Waals surface area (Å²) in [6.45, 7) is 4.97. The number of carbonyl (C=O) groups excluding carboxylic acids is 1. The highest BCUT2D eigenvalue weighted by Crippen LogP contribution is 2.23. The molecule has 1 heterocycles. The van der Waals surface area contributed by atoms with E-state index in [2.05, 4.69) is 31.2 Å². The SMILES string of the molecule is CCc1ccc(C(C)C(=O)CC2CCCCO2)cc1. The molecule has 0 aliphatic carbocycles. The quantitative estimate of drug-likeness (QED) is 0.803. The lowest BCUT2D eigenvalue weighted by atomic mass is 9.91. The highest BCUT2D eigenvalue weighted by Gasteiger charge is 2.22. The molecule has 1 saturated heterocycles. The smallest absolute Gasteiger partial charge is 0.142 e. The second-order valence-electron chi connectivity index (χ2n) is 5.48. The molecule has 0 amide bonds. The van der Waals surface area contributed by atoms with Crippen LogP contribution in [0.5, 0.6) is 0 Å². The number of aryl methyl sites for hydroxylation is 1. The van der Waals surface area contributed by atoms with E-state index in [0.717, 1.165) is 31.4 Å². The minimum atomic E-state index is -0.0172. The lowest BCUT2D eigenvalue weighted by Gasteiger charge is -2.23. The van der Waals surface area contributed by atoms with Crippen LogP contribution in [0.1, 0.15) is 56.6 Å². The van der Waals surface area contributed by atoms with Gasteiger partial charge >= 0.3 is 0 Å². The normalized spacial score (nSPS) is 21.1. The monoisotopic (exact) mass is 260 g/mol. The van der Waals surface area contributed by atoms with E-state index < -0.39 is 0 Å². The van der Waals surface area contributed by atoms with Crippen LogP contribution in [0.4, 0.5) is 0 Å². The second kappa shape index (κ2) is 6.85. The molecule has 1 aliphatic heterocycles. The first-order chi connectivity index (χ1) is 9.20. The summed E-state index contributed by atoms with van der Waals surface area (Å²) in [5, 5.41) is 0. The van der Waals surface area contributed by atoms with E-state index in [-0.39, 0.29) is 12.0 Å². The molecule has 1 aromatic rings. The summed E-state index contributed by atoms with van der Waals surface area (Å²) in [4.78, 5) is 12.3. The zero-order valence-electron chi connectivity index (χ0n) is 12.0. The fourth-order valence-electron chi connectivity index (χ4n) is 2.60. The van der Waals surface area contributed by atoms with Gasteiger partial charge in [0.25, 0.3) is 0 Å². The average molecular weight is 260 g/mol. The van der Waals surface area contributed by atoms with Crippen LogP contribution in [0.3, 0.4) is 0 Å². The van der Waals surface area contributed by atoms with Gasteiger partial charge in [0.05, 0.1) is 6.10 Å². The number of benzene rings is 1. The van der Waals surface area contributed by atoms with Gasteiger partial charge in [0.15, 0.2) is 0 Å². The third-order valence-corrected chi connectivity index (χ3v) is 4.07. The molecule has 2 rings (SSSR count). The lowest BCUT2D eigenvalue weighted by Crippen LogP contribution is -2.24. The van der Waals surface area contributed by atoms with E-state index in [1.165, 1.54) is 12.0 Å². The Morgan fingerprint density at radius 2 is 2.05 bits per heavy atom. The van der Waals surface area contributed by atoms with Crippen molar-refractivity contribution >= 4 is 5.78 Å². The average Bonchev–Trinajstić information content (AvgIpc) is 2.47. The summed E-state index contributed by atoms with van der Waals surface area (Å²) in [6.07, 6.45) is 5.12. The number of ketones is 1. The Kier molecular flexibility index (Phi) is 5.15. The maximum absolute atomic E-state index is 12.3. The van der Waals surface area contributed by atoms with Crippen LogP contribution >= 0.6 is 0 Å². The molecule has 2 atom stereocenters. The molecule has 0 bridgehead atoms. The topological polar surface area (TPSA) is 26.3 Å². The van der Waals surface area contributed by atoms with Crippen molar-refractivity contribution in [1.82, 2.24) is 0 Å². The Balaban J connectivity index is 1.93. The molecule has 104 valence electrons. The van der Waals surface area contributed by atoms with Crippen LogP contribution in [0, 0.1) is 0 Å². The van der Waals surface area contributed by atoms with Gasteiger partial charge in [-0.1, -0.05) is 38.1 Å². The minimum absolute atomic E-state index is 0.0172. The van der Waals surface area contributed by atoms with Crippen molar-refractivity contribution in [3.8, 4) is 0 Å². The number of Topliss-reactive ketones (excluding diaryl/α,β-unsaturated/α-hetero) is 1. The molecule has 0 spiro atoms. The van der Waals surface area contributed by atoms with E-state index >= 15 is 0 Å². The molecular formula is C17H24O2. The number of ether oxygens (including phenoxy) is 1. The van der Waals surface area contributed by atoms with E-state index in [0.29, 0.717) is 12.2 Å². The van der Waals surface area contributed by atoms with E-state index in [9.17, 15) is 4.79 Å². The molecule has 1 aliphatic rings. The van der Waals surface area contributed by atoms with Crippen molar-refractivity contribution in [2.45, 2.75) is 58.0 Å². The van der Waals surface area contributed by atoms with Crippen molar-refractivity contribution in [2.75, 3.05) is 6.61 Å². The van der Waals surface area contributed by atoms with Crippen LogP contribution < -0.4 is 0 Å². The molecule has 0 saturated carbocycles. The van der Waals surface area contributed by atoms with Gasteiger partial charge in [0.2, 0.25) is 0 Å². The maximum Gasteiger partial charge on any atom is 0.142 e. The standard InChI is InChI=1S/C17H24O2/c1-3-14-7-9-15(10-8-14)13(2)17(18)12-16-6-4-5-11-19-16/h7-10,13,16H,3-6,11-12H2,1-2H3. The molecule has 2 nitrogen and oxygen atoms in total. The van der Waals surface area contributed by atoms with E-state index in [1.807, 2.05) is 6.92 Å². The van der Waals surface area contributed by atoms with Crippen LogP contribution in [-0.4, -0.2) is 18.5 Å². The van der Waals surface area contributed by atoms with Gasteiger partial charge in [-0.3, -0.25) is 4.79 Å². The van der Waals surface area contributed by atoms with Gasteiger partial charge in [0, 0.05) is 18.9 Å². The molecule has 1 aromatic carbocycles. The first-order valence-electron chi connectivity index (χ1n) is 7.44. The Morgan fingerprint density at radius 3 is 2.63 bits per heavy atom. The third kappa shape index (κ3) is 3.90. The molecule has 0 N–H and O–H groups in total. The Morgan fingerprint density at radius 1 is 1.32 bits per heavy atom. The first-order valence-corrected chi connectivity index (χ1v) is 7.44. The predicted octanol–water partition coefficient (Wildman–Crippen LogP) is 3.88. The molecular weight excluding hydrogens is 236 g/mol. The summed E-state index contributed by atoms with van der Waals surface area (Å²) in [5.41, 5.74) is 2.44. The van der Waals surface area contributed by atoms with Crippen molar-refractivity contribution in [2.24, 2.45) is 0 Å². The van der Waals surface area contributed by atoms with Crippen molar-refractivity contribution in [3.63, 3.8) is 0 Å². The fraction of sp³-hybridized carbons (Fsp3) is 0.588. The van der Waals surface area contributed by atoms with Gasteiger partial charge < -0.3 is 4.74 Å². The predicted molar refractivity (Wildman–Crippen MR) is 77.5 cm³/mol. The maximum atomic E-state index is 12.3. The van der Waals surface area contributed by atoms with E-state index in [4.69, 9.17) is 4.74 Å². The van der Waals surface area contributed by atoms with Crippen LogP contribution in [0.25, 0.3) is 0 Å². The number of carbonyl (C=O) groups is 1. The fourth-order valence-corrected chi connectivity index (χ4v) is 2.60. The highest BCUT2D eigenvalue weighted by molar-refractivity contribution is 5.85. The van der Waals surface area contributed by atoms with Gasteiger partial charge in [-0.25, -0.2) is 0 Å². The molecule has 2 unspecified atom stereocenters. The molecule has 2 heteroatoms. The second-order valence-corrected chi connectivity index (χ2v) is 5.48. The number of hydrogen-bond donors (Lipinski definition) is 0. The Bertz CT molecular complexity index is 402. The molecule has 1 fully saturated rings. The van der Waals surface area contributed by atoms with Crippen LogP contribution in [-0.2, 0) is 16.0 Å². The summed E-state index contributed by atoms with van der Waals surface area (Å²) >= 11 is 0. The summed E-state index contributed by atoms with van der Waals surface area (Å²) < 4.78 is 5.65. The number of rotatable bonds is 5. The summed E-state index contributed by atoms with van der Waals surface area (Å²) in [7, 11) is 0. The number of hydrogen-bond acceptors (Lipinski definition) is 2. The van der Waals surface area contributed by atoms with Crippen LogP contribution in [0.15, 0.2) is 24.3 Å². The summed E-state index contributed by atoms with van der Waals surface area (Å²) in [5.74, 6) is 0.285. The van der Waals surface area contributed by atoms with Crippen molar-refractivity contribution in [1.29, 1.82) is 0 Å². The minimum Gasteiger partial charge on any atom is -0.378 e. The van der Waals surface area contributed by atoms with Crippen molar-refractivity contribution in [3.05, 3.63) is 35.4 Å². The van der Waals surface area contributed by atoms with Gasteiger partial charge in [-0.2, -0.15) is 0 Å². The zero-order chi connectivity index (χ0) is 13.7. The van der Waals surface area contributed by atoms with Crippen molar-refractivity contribution < 1.29 is 9.53 Å². The third-order valence-electron chi connectivity index (χ3n) is 4.07. The molecule has 0 radical (unpaired) electrons.